The molecule has 3 heteroatoms. The highest BCUT2D eigenvalue weighted by atomic mass is 16.5. The standard InChI is InChI=1S/C14H19NO2/c1-10(2)9-15-14(16)13-12-6-4-3-5-11(12)7-8-17-13/h3-6,10,13H,7-9H2,1-2H3,(H,15,16). The van der Waals surface area contributed by atoms with Gasteiger partial charge < -0.3 is 10.1 Å². The third kappa shape index (κ3) is 2.86. The Balaban J connectivity index is 2.10. The molecule has 2 rings (SSSR count). The van der Waals surface area contributed by atoms with Gasteiger partial charge in [-0.3, -0.25) is 4.79 Å². The molecule has 1 aliphatic heterocycles. The summed E-state index contributed by atoms with van der Waals surface area (Å²) in [7, 11) is 0. The molecule has 1 atom stereocenters. The van der Waals surface area contributed by atoms with E-state index in [4.69, 9.17) is 4.74 Å². The zero-order valence-electron chi connectivity index (χ0n) is 10.4. The Kier molecular flexibility index (Phi) is 3.79. The minimum atomic E-state index is -0.432. The topological polar surface area (TPSA) is 38.3 Å². The summed E-state index contributed by atoms with van der Waals surface area (Å²) in [4.78, 5) is 12.0. The predicted octanol–water partition coefficient (Wildman–Crippen LogP) is 2.07. The van der Waals surface area contributed by atoms with Crippen molar-refractivity contribution < 1.29 is 9.53 Å². The maximum atomic E-state index is 12.0. The molecular weight excluding hydrogens is 214 g/mol. The van der Waals surface area contributed by atoms with E-state index in [9.17, 15) is 4.79 Å². The van der Waals surface area contributed by atoms with Crippen LogP contribution < -0.4 is 5.32 Å². The Bertz CT molecular complexity index is 401. The molecule has 17 heavy (non-hydrogen) atoms. The summed E-state index contributed by atoms with van der Waals surface area (Å²) in [5.74, 6) is 0.434. The SMILES string of the molecule is CC(C)CNC(=O)C1OCCc2ccccc21. The zero-order chi connectivity index (χ0) is 12.3. The van der Waals surface area contributed by atoms with Crippen LogP contribution in [0.5, 0.6) is 0 Å². The first kappa shape index (κ1) is 12.1. The highest BCUT2D eigenvalue weighted by Gasteiger charge is 2.26. The zero-order valence-corrected chi connectivity index (χ0v) is 10.4. The van der Waals surface area contributed by atoms with Crippen LogP contribution >= 0.6 is 0 Å². The van der Waals surface area contributed by atoms with E-state index in [0.717, 1.165) is 12.0 Å². The summed E-state index contributed by atoms with van der Waals surface area (Å²) >= 11 is 0. The molecule has 0 spiro atoms. The third-order valence-electron chi connectivity index (χ3n) is 2.92. The lowest BCUT2D eigenvalue weighted by atomic mass is 9.97. The van der Waals surface area contributed by atoms with Crippen molar-refractivity contribution in [1.82, 2.24) is 5.32 Å². The summed E-state index contributed by atoms with van der Waals surface area (Å²) in [5, 5.41) is 2.93. The Morgan fingerprint density at radius 2 is 2.24 bits per heavy atom. The largest absolute Gasteiger partial charge is 0.363 e. The van der Waals surface area contributed by atoms with E-state index in [1.165, 1.54) is 5.56 Å². The molecule has 1 unspecified atom stereocenters. The highest BCUT2D eigenvalue weighted by molar-refractivity contribution is 5.82. The Labute approximate surface area is 102 Å². The van der Waals surface area contributed by atoms with E-state index in [-0.39, 0.29) is 5.91 Å². The van der Waals surface area contributed by atoms with Gasteiger partial charge in [-0.15, -0.1) is 0 Å². The Morgan fingerprint density at radius 1 is 1.47 bits per heavy atom. The van der Waals surface area contributed by atoms with E-state index in [2.05, 4.69) is 25.2 Å². The third-order valence-corrected chi connectivity index (χ3v) is 2.92. The number of rotatable bonds is 3. The summed E-state index contributed by atoms with van der Waals surface area (Å²) in [6.45, 7) is 5.48. The normalized spacial score (nSPS) is 18.9. The quantitative estimate of drug-likeness (QED) is 0.868. The van der Waals surface area contributed by atoms with Gasteiger partial charge in [0.15, 0.2) is 6.10 Å². The minimum absolute atomic E-state index is 0.0224. The molecular formula is C14H19NO2. The highest BCUT2D eigenvalue weighted by Crippen LogP contribution is 2.26. The number of fused-ring (bicyclic) bond motifs is 1. The van der Waals surface area contributed by atoms with Gasteiger partial charge in [0.1, 0.15) is 0 Å². The van der Waals surface area contributed by atoms with Crippen LogP contribution in [0.1, 0.15) is 31.1 Å². The number of nitrogens with one attached hydrogen (secondary N) is 1. The van der Waals surface area contributed by atoms with Crippen LogP contribution in [-0.4, -0.2) is 19.1 Å². The van der Waals surface area contributed by atoms with Crippen molar-refractivity contribution >= 4 is 5.91 Å². The molecule has 1 amide bonds. The molecule has 1 aliphatic rings. The summed E-state index contributed by atoms with van der Waals surface area (Å²) in [6.07, 6.45) is 0.461. The van der Waals surface area contributed by atoms with E-state index in [1.54, 1.807) is 0 Å². The molecule has 1 heterocycles. The van der Waals surface area contributed by atoms with E-state index in [0.29, 0.717) is 19.1 Å². The van der Waals surface area contributed by atoms with Gasteiger partial charge >= 0.3 is 0 Å². The van der Waals surface area contributed by atoms with Crippen LogP contribution in [0, 0.1) is 5.92 Å². The molecule has 0 saturated heterocycles. The number of hydrogen-bond acceptors (Lipinski definition) is 2. The average molecular weight is 233 g/mol. The molecule has 0 aliphatic carbocycles. The first-order chi connectivity index (χ1) is 8.18. The number of carbonyl (C=O) groups is 1. The number of ether oxygens (including phenoxy) is 1. The molecule has 0 fully saturated rings. The summed E-state index contributed by atoms with van der Waals surface area (Å²) in [6, 6.07) is 8.01. The van der Waals surface area contributed by atoms with Crippen LogP contribution in [0.15, 0.2) is 24.3 Å². The second-order valence-electron chi connectivity index (χ2n) is 4.84. The second kappa shape index (κ2) is 5.32. The molecule has 0 aromatic heterocycles. The average Bonchev–Trinajstić information content (AvgIpc) is 2.35. The van der Waals surface area contributed by atoms with Crippen molar-refractivity contribution in [2.45, 2.75) is 26.4 Å². The number of hydrogen-bond donors (Lipinski definition) is 1. The lowest BCUT2D eigenvalue weighted by molar-refractivity contribution is -0.134. The van der Waals surface area contributed by atoms with E-state index in [1.807, 2.05) is 18.2 Å². The van der Waals surface area contributed by atoms with Crippen molar-refractivity contribution in [3.63, 3.8) is 0 Å². The fourth-order valence-corrected chi connectivity index (χ4v) is 2.01. The molecule has 0 bridgehead atoms. The lowest BCUT2D eigenvalue weighted by Gasteiger charge is -2.25. The van der Waals surface area contributed by atoms with Crippen LogP contribution in [-0.2, 0) is 16.0 Å². The predicted molar refractivity (Wildman–Crippen MR) is 66.7 cm³/mol. The molecule has 1 aromatic rings. The second-order valence-corrected chi connectivity index (χ2v) is 4.84. The van der Waals surface area contributed by atoms with Gasteiger partial charge in [-0.25, -0.2) is 0 Å². The summed E-state index contributed by atoms with van der Waals surface area (Å²) < 4.78 is 5.59. The molecule has 1 N–H and O–H groups in total. The van der Waals surface area contributed by atoms with Crippen LogP contribution in [0.4, 0.5) is 0 Å². The van der Waals surface area contributed by atoms with Crippen LogP contribution in [0.25, 0.3) is 0 Å². The fourth-order valence-electron chi connectivity index (χ4n) is 2.01. The molecule has 92 valence electrons. The first-order valence-corrected chi connectivity index (χ1v) is 6.15. The van der Waals surface area contributed by atoms with Gasteiger partial charge in [-0.05, 0) is 23.5 Å². The molecule has 0 radical (unpaired) electrons. The van der Waals surface area contributed by atoms with Crippen molar-refractivity contribution in [2.24, 2.45) is 5.92 Å². The monoisotopic (exact) mass is 233 g/mol. The Hall–Kier alpha value is -1.35. The van der Waals surface area contributed by atoms with E-state index < -0.39 is 6.10 Å². The maximum absolute atomic E-state index is 12.0. The van der Waals surface area contributed by atoms with Gasteiger partial charge in [-0.2, -0.15) is 0 Å². The van der Waals surface area contributed by atoms with Crippen LogP contribution in [0.2, 0.25) is 0 Å². The van der Waals surface area contributed by atoms with Gasteiger partial charge in [0.25, 0.3) is 5.91 Å². The summed E-state index contributed by atoms with van der Waals surface area (Å²) in [5.41, 5.74) is 2.24. The molecule has 1 aromatic carbocycles. The smallest absolute Gasteiger partial charge is 0.253 e. The van der Waals surface area contributed by atoms with E-state index >= 15 is 0 Å². The number of amides is 1. The van der Waals surface area contributed by atoms with Gasteiger partial charge in [0.05, 0.1) is 6.61 Å². The van der Waals surface area contributed by atoms with Gasteiger partial charge in [0.2, 0.25) is 0 Å². The number of carbonyl (C=O) groups excluding carboxylic acids is 1. The van der Waals surface area contributed by atoms with Gasteiger partial charge in [0, 0.05) is 6.54 Å². The van der Waals surface area contributed by atoms with Crippen molar-refractivity contribution in [3.8, 4) is 0 Å². The van der Waals surface area contributed by atoms with Crippen molar-refractivity contribution in [2.75, 3.05) is 13.2 Å². The Morgan fingerprint density at radius 3 is 3.00 bits per heavy atom. The minimum Gasteiger partial charge on any atom is -0.363 e. The van der Waals surface area contributed by atoms with Gasteiger partial charge in [-0.1, -0.05) is 38.1 Å². The number of benzene rings is 1. The molecule has 0 saturated carbocycles. The van der Waals surface area contributed by atoms with Crippen molar-refractivity contribution in [1.29, 1.82) is 0 Å². The fraction of sp³-hybridized carbons (Fsp3) is 0.500. The lowest BCUT2D eigenvalue weighted by Crippen LogP contribution is -2.35. The molecule has 3 nitrogen and oxygen atoms in total. The first-order valence-electron chi connectivity index (χ1n) is 6.15. The van der Waals surface area contributed by atoms with Crippen LogP contribution in [0.3, 0.4) is 0 Å². The van der Waals surface area contributed by atoms with Crippen molar-refractivity contribution in [3.05, 3.63) is 35.4 Å². The maximum Gasteiger partial charge on any atom is 0.253 e.